The van der Waals surface area contributed by atoms with Gasteiger partial charge in [0.05, 0.1) is 12.0 Å². The Kier molecular flexibility index (Phi) is 5.94. The molecule has 2 aromatic heterocycles. The van der Waals surface area contributed by atoms with Crippen molar-refractivity contribution in [2.75, 3.05) is 18.4 Å². The van der Waals surface area contributed by atoms with Crippen molar-refractivity contribution in [2.24, 2.45) is 0 Å². The van der Waals surface area contributed by atoms with E-state index in [1.165, 1.54) is 0 Å². The number of nitrogens with zero attached hydrogens (tertiary/aromatic N) is 3. The second-order valence-corrected chi connectivity index (χ2v) is 8.65. The molecule has 1 N–H and O–H groups in total. The standard InChI is InChI=1S/C26H23ClN4O3/c1-17-20(26(33)30-13-2-3-14-30)6-4-7-21(17)28-25(32)22-16-23(24-8-5-15-34-24)31(29-22)19-11-9-18(27)10-12-19/h4-12,15-16H,2-3,13-14H2,1H3,(H,28,32). The van der Waals surface area contributed by atoms with E-state index in [1.807, 2.05) is 30.0 Å². The van der Waals surface area contributed by atoms with Gasteiger partial charge in [-0.25, -0.2) is 4.68 Å². The van der Waals surface area contributed by atoms with Gasteiger partial charge < -0.3 is 14.6 Å². The molecule has 0 radical (unpaired) electrons. The third-order valence-electron chi connectivity index (χ3n) is 5.99. The van der Waals surface area contributed by atoms with Gasteiger partial charge in [0.25, 0.3) is 11.8 Å². The van der Waals surface area contributed by atoms with Crippen LogP contribution in [0.2, 0.25) is 5.02 Å². The maximum Gasteiger partial charge on any atom is 0.276 e. The normalized spacial score (nSPS) is 13.3. The number of furan rings is 1. The Balaban J connectivity index is 1.45. The molecular weight excluding hydrogens is 452 g/mol. The molecule has 2 aromatic carbocycles. The quantitative estimate of drug-likeness (QED) is 0.409. The largest absolute Gasteiger partial charge is 0.463 e. The third kappa shape index (κ3) is 4.22. The molecule has 7 nitrogen and oxygen atoms in total. The average Bonchev–Trinajstić information content (AvgIpc) is 3.62. The van der Waals surface area contributed by atoms with Gasteiger partial charge in [0.15, 0.2) is 11.5 Å². The minimum atomic E-state index is -0.380. The highest BCUT2D eigenvalue weighted by molar-refractivity contribution is 6.30. The van der Waals surface area contributed by atoms with Crippen LogP contribution < -0.4 is 5.32 Å². The summed E-state index contributed by atoms with van der Waals surface area (Å²) in [6.45, 7) is 3.39. The van der Waals surface area contributed by atoms with E-state index in [0.29, 0.717) is 27.7 Å². The number of amides is 2. The molecule has 0 unspecified atom stereocenters. The lowest BCUT2D eigenvalue weighted by atomic mass is 10.1. The number of aromatic nitrogens is 2. The smallest absolute Gasteiger partial charge is 0.276 e. The topological polar surface area (TPSA) is 80.4 Å². The number of rotatable bonds is 5. The molecular formula is C26H23ClN4O3. The van der Waals surface area contributed by atoms with Crippen LogP contribution in [0.3, 0.4) is 0 Å². The first-order valence-corrected chi connectivity index (χ1v) is 11.5. The maximum atomic E-state index is 13.2. The highest BCUT2D eigenvalue weighted by Crippen LogP contribution is 2.27. The van der Waals surface area contributed by atoms with Crippen LogP contribution in [0, 0.1) is 6.92 Å². The van der Waals surface area contributed by atoms with Crippen molar-refractivity contribution in [3.05, 3.63) is 88.8 Å². The predicted octanol–water partition coefficient (Wildman–Crippen LogP) is 5.58. The second kappa shape index (κ2) is 9.19. The van der Waals surface area contributed by atoms with Crippen molar-refractivity contribution in [1.82, 2.24) is 14.7 Å². The van der Waals surface area contributed by atoms with Gasteiger partial charge in [0, 0.05) is 35.4 Å². The van der Waals surface area contributed by atoms with Gasteiger partial charge in [-0.2, -0.15) is 5.10 Å². The molecule has 0 aliphatic carbocycles. The van der Waals surface area contributed by atoms with E-state index in [9.17, 15) is 9.59 Å². The monoisotopic (exact) mass is 474 g/mol. The van der Waals surface area contributed by atoms with Gasteiger partial charge in [-0.3, -0.25) is 9.59 Å². The number of carbonyl (C=O) groups is 2. The van der Waals surface area contributed by atoms with E-state index in [-0.39, 0.29) is 17.5 Å². The first-order valence-electron chi connectivity index (χ1n) is 11.1. The summed E-state index contributed by atoms with van der Waals surface area (Å²) in [5, 5.41) is 8.06. The number of anilines is 1. The van der Waals surface area contributed by atoms with Crippen molar-refractivity contribution in [1.29, 1.82) is 0 Å². The fraction of sp³-hybridized carbons (Fsp3) is 0.192. The minimum Gasteiger partial charge on any atom is -0.463 e. The maximum absolute atomic E-state index is 13.2. The van der Waals surface area contributed by atoms with Gasteiger partial charge in [-0.15, -0.1) is 0 Å². The van der Waals surface area contributed by atoms with Crippen LogP contribution >= 0.6 is 11.6 Å². The van der Waals surface area contributed by atoms with Crippen LogP contribution in [0.1, 0.15) is 39.3 Å². The van der Waals surface area contributed by atoms with E-state index in [0.717, 1.165) is 37.2 Å². The molecule has 5 rings (SSSR count). The number of halogens is 1. The van der Waals surface area contributed by atoms with Crippen LogP contribution in [0.25, 0.3) is 17.1 Å². The van der Waals surface area contributed by atoms with Crippen LogP contribution in [-0.4, -0.2) is 39.6 Å². The molecule has 1 fully saturated rings. The number of carbonyl (C=O) groups excluding carboxylic acids is 2. The Morgan fingerprint density at radius 2 is 1.79 bits per heavy atom. The zero-order valence-electron chi connectivity index (χ0n) is 18.6. The fourth-order valence-electron chi connectivity index (χ4n) is 4.15. The van der Waals surface area contributed by atoms with Crippen molar-refractivity contribution in [3.63, 3.8) is 0 Å². The van der Waals surface area contributed by atoms with Crippen LogP contribution in [0.15, 0.2) is 71.3 Å². The molecule has 172 valence electrons. The van der Waals surface area contributed by atoms with Gasteiger partial charge in [0.1, 0.15) is 5.69 Å². The lowest BCUT2D eigenvalue weighted by Crippen LogP contribution is -2.28. The summed E-state index contributed by atoms with van der Waals surface area (Å²) in [7, 11) is 0. The molecule has 0 saturated carbocycles. The third-order valence-corrected chi connectivity index (χ3v) is 6.24. The molecule has 2 amide bonds. The van der Waals surface area contributed by atoms with Crippen LogP contribution in [-0.2, 0) is 0 Å². The van der Waals surface area contributed by atoms with Crippen molar-refractivity contribution in [3.8, 4) is 17.1 Å². The molecule has 1 saturated heterocycles. The number of benzene rings is 2. The molecule has 8 heteroatoms. The van der Waals surface area contributed by atoms with E-state index < -0.39 is 0 Å². The van der Waals surface area contributed by atoms with Crippen LogP contribution in [0.4, 0.5) is 5.69 Å². The van der Waals surface area contributed by atoms with Crippen LogP contribution in [0.5, 0.6) is 0 Å². The summed E-state index contributed by atoms with van der Waals surface area (Å²) in [5.41, 5.74) is 3.50. The summed E-state index contributed by atoms with van der Waals surface area (Å²) in [6, 6.07) is 17.8. The Morgan fingerprint density at radius 3 is 2.50 bits per heavy atom. The van der Waals surface area contributed by atoms with Crippen molar-refractivity contribution >= 4 is 29.1 Å². The molecule has 4 aromatic rings. The number of hydrogen-bond donors (Lipinski definition) is 1. The SMILES string of the molecule is Cc1c(NC(=O)c2cc(-c3ccco3)n(-c3ccc(Cl)cc3)n2)cccc1C(=O)N1CCCC1. The first kappa shape index (κ1) is 22.0. The van der Waals surface area contributed by atoms with E-state index in [2.05, 4.69) is 10.4 Å². The molecule has 34 heavy (non-hydrogen) atoms. The Labute approximate surface area is 201 Å². The minimum absolute atomic E-state index is 0.00165. The number of likely N-dealkylation sites (tertiary alicyclic amines) is 1. The zero-order valence-corrected chi connectivity index (χ0v) is 19.4. The van der Waals surface area contributed by atoms with Gasteiger partial charge in [-0.05, 0) is 73.9 Å². The highest BCUT2D eigenvalue weighted by Gasteiger charge is 2.23. The van der Waals surface area contributed by atoms with Gasteiger partial charge in [-0.1, -0.05) is 17.7 Å². The summed E-state index contributed by atoms with van der Waals surface area (Å²) in [4.78, 5) is 28.0. The summed E-state index contributed by atoms with van der Waals surface area (Å²) >= 11 is 6.04. The molecule has 3 heterocycles. The van der Waals surface area contributed by atoms with Crippen molar-refractivity contribution < 1.29 is 14.0 Å². The van der Waals surface area contributed by atoms with E-state index >= 15 is 0 Å². The van der Waals surface area contributed by atoms with E-state index in [4.69, 9.17) is 16.0 Å². The zero-order chi connectivity index (χ0) is 23.7. The molecule has 1 aliphatic rings. The molecule has 0 bridgehead atoms. The second-order valence-electron chi connectivity index (χ2n) is 8.21. The fourth-order valence-corrected chi connectivity index (χ4v) is 4.28. The molecule has 0 atom stereocenters. The molecule has 0 spiro atoms. The van der Waals surface area contributed by atoms with Crippen molar-refractivity contribution in [2.45, 2.75) is 19.8 Å². The number of nitrogens with one attached hydrogen (secondary N) is 1. The number of hydrogen-bond acceptors (Lipinski definition) is 4. The Morgan fingerprint density at radius 1 is 1.03 bits per heavy atom. The average molecular weight is 475 g/mol. The van der Waals surface area contributed by atoms with E-state index in [1.54, 1.807) is 53.4 Å². The highest BCUT2D eigenvalue weighted by atomic mass is 35.5. The lowest BCUT2D eigenvalue weighted by Gasteiger charge is -2.18. The Bertz CT molecular complexity index is 1340. The Hall–Kier alpha value is -3.84. The molecule has 1 aliphatic heterocycles. The van der Waals surface area contributed by atoms with Gasteiger partial charge >= 0.3 is 0 Å². The first-order chi connectivity index (χ1) is 16.5. The summed E-state index contributed by atoms with van der Waals surface area (Å²) in [6.07, 6.45) is 3.62. The summed E-state index contributed by atoms with van der Waals surface area (Å²) < 4.78 is 7.21. The van der Waals surface area contributed by atoms with Gasteiger partial charge in [0.2, 0.25) is 0 Å². The predicted molar refractivity (Wildman–Crippen MR) is 131 cm³/mol. The lowest BCUT2D eigenvalue weighted by molar-refractivity contribution is 0.0791. The summed E-state index contributed by atoms with van der Waals surface area (Å²) in [5.74, 6) is 0.198.